The van der Waals surface area contributed by atoms with Crippen LogP contribution in [0.2, 0.25) is 5.02 Å². The number of hydrogen-bond donors (Lipinski definition) is 1. The van der Waals surface area contributed by atoms with Gasteiger partial charge in [0.25, 0.3) is 0 Å². The number of nitrogens with zero attached hydrogens (tertiary/aromatic N) is 2. The van der Waals surface area contributed by atoms with Gasteiger partial charge < -0.3 is 5.32 Å². The highest BCUT2D eigenvalue weighted by Gasteiger charge is 2.19. The molecule has 1 aliphatic rings. The molecule has 0 aliphatic heterocycles. The van der Waals surface area contributed by atoms with Gasteiger partial charge in [-0.2, -0.15) is 5.10 Å². The summed E-state index contributed by atoms with van der Waals surface area (Å²) in [6.07, 6.45) is 7.86. The summed E-state index contributed by atoms with van der Waals surface area (Å²) in [6, 6.07) is 10.0. The van der Waals surface area contributed by atoms with E-state index in [1.807, 2.05) is 35.0 Å². The van der Waals surface area contributed by atoms with E-state index in [2.05, 4.69) is 10.4 Å². The molecule has 0 radical (unpaired) electrons. The van der Waals surface area contributed by atoms with Crippen LogP contribution in [0.25, 0.3) is 0 Å². The van der Waals surface area contributed by atoms with Gasteiger partial charge in [-0.3, -0.25) is 4.79 Å². The average Bonchev–Trinajstić information content (AvgIpc) is 3.05. The predicted octanol–water partition coefficient (Wildman–Crippen LogP) is 4.91. The molecule has 128 valence electrons. The molecule has 3 rings (SSSR count). The van der Waals surface area contributed by atoms with E-state index in [0.717, 1.165) is 29.4 Å². The molecule has 0 unspecified atom stereocenters. The molecule has 1 amide bonds. The summed E-state index contributed by atoms with van der Waals surface area (Å²) < 4.78 is 1.99. The van der Waals surface area contributed by atoms with Gasteiger partial charge >= 0.3 is 0 Å². The second-order valence-corrected chi connectivity index (χ2v) is 7.54. The van der Waals surface area contributed by atoms with Crippen LogP contribution in [0.3, 0.4) is 0 Å². The minimum absolute atomic E-state index is 0.0199. The Balaban J connectivity index is 1.48. The molecular formula is C18H22ClN3OS. The number of nitrogens with one attached hydrogen (secondary N) is 1. The SMILES string of the molecule is O=C(CSCc1ccc(Cl)cc1)Nc1ccnn1C1CCCCC1. The second-order valence-electron chi connectivity index (χ2n) is 6.12. The van der Waals surface area contributed by atoms with Crippen molar-refractivity contribution in [3.63, 3.8) is 0 Å². The van der Waals surface area contributed by atoms with E-state index < -0.39 is 0 Å². The van der Waals surface area contributed by atoms with Crippen LogP contribution in [0, 0.1) is 0 Å². The minimum atomic E-state index is 0.0199. The van der Waals surface area contributed by atoms with Crippen molar-refractivity contribution in [2.75, 3.05) is 11.1 Å². The van der Waals surface area contributed by atoms with E-state index in [4.69, 9.17) is 11.6 Å². The molecule has 24 heavy (non-hydrogen) atoms. The highest BCUT2D eigenvalue weighted by Crippen LogP contribution is 2.30. The number of thioether (sulfide) groups is 1. The molecule has 1 heterocycles. The largest absolute Gasteiger partial charge is 0.310 e. The lowest BCUT2D eigenvalue weighted by atomic mass is 9.96. The minimum Gasteiger partial charge on any atom is -0.310 e. The molecule has 1 aliphatic carbocycles. The second kappa shape index (κ2) is 8.58. The summed E-state index contributed by atoms with van der Waals surface area (Å²) in [5, 5.41) is 8.15. The monoisotopic (exact) mass is 363 g/mol. The van der Waals surface area contributed by atoms with E-state index in [1.54, 1.807) is 18.0 Å². The number of rotatable bonds is 6. The third kappa shape index (κ3) is 4.77. The molecule has 1 fully saturated rings. The van der Waals surface area contributed by atoms with Crippen molar-refractivity contribution in [2.45, 2.75) is 43.9 Å². The zero-order valence-corrected chi connectivity index (χ0v) is 15.2. The van der Waals surface area contributed by atoms with Crippen molar-refractivity contribution < 1.29 is 4.79 Å². The number of halogens is 1. The lowest BCUT2D eigenvalue weighted by Crippen LogP contribution is -2.21. The first-order valence-electron chi connectivity index (χ1n) is 8.38. The van der Waals surface area contributed by atoms with Gasteiger partial charge in [0.05, 0.1) is 18.0 Å². The van der Waals surface area contributed by atoms with Crippen molar-refractivity contribution in [3.05, 3.63) is 47.1 Å². The summed E-state index contributed by atoms with van der Waals surface area (Å²) in [4.78, 5) is 12.2. The highest BCUT2D eigenvalue weighted by molar-refractivity contribution is 7.99. The molecular weight excluding hydrogens is 342 g/mol. The van der Waals surface area contributed by atoms with E-state index in [1.165, 1.54) is 24.8 Å². The number of amides is 1. The van der Waals surface area contributed by atoms with Crippen molar-refractivity contribution in [3.8, 4) is 0 Å². The summed E-state index contributed by atoms with van der Waals surface area (Å²) in [5.41, 5.74) is 1.17. The van der Waals surface area contributed by atoms with Crippen molar-refractivity contribution in [1.82, 2.24) is 9.78 Å². The lowest BCUT2D eigenvalue weighted by Gasteiger charge is -2.23. The van der Waals surface area contributed by atoms with E-state index in [-0.39, 0.29) is 5.91 Å². The molecule has 1 aromatic carbocycles. The standard InChI is InChI=1S/C18H22ClN3OS/c19-15-8-6-14(7-9-15)12-24-13-18(23)21-17-10-11-20-22(17)16-4-2-1-3-5-16/h6-11,16H,1-5,12-13H2,(H,21,23). The Labute approximate surface area is 152 Å². The molecule has 2 aromatic rings. The van der Waals surface area contributed by atoms with Gasteiger partial charge in [0, 0.05) is 16.8 Å². The van der Waals surface area contributed by atoms with Crippen molar-refractivity contribution in [1.29, 1.82) is 0 Å². The maximum Gasteiger partial charge on any atom is 0.235 e. The van der Waals surface area contributed by atoms with Crippen LogP contribution in [-0.4, -0.2) is 21.4 Å². The van der Waals surface area contributed by atoms with Crippen molar-refractivity contribution in [2.24, 2.45) is 0 Å². The summed E-state index contributed by atoms with van der Waals surface area (Å²) in [5.74, 6) is 2.07. The van der Waals surface area contributed by atoms with E-state index in [0.29, 0.717) is 11.8 Å². The number of benzene rings is 1. The van der Waals surface area contributed by atoms with Crippen LogP contribution in [0.1, 0.15) is 43.7 Å². The maximum absolute atomic E-state index is 12.2. The quantitative estimate of drug-likeness (QED) is 0.792. The van der Waals surface area contributed by atoms with Crippen LogP contribution in [0.5, 0.6) is 0 Å². The Morgan fingerprint density at radius 2 is 1.96 bits per heavy atom. The Kier molecular flexibility index (Phi) is 6.21. The molecule has 4 nitrogen and oxygen atoms in total. The molecule has 0 bridgehead atoms. The van der Waals surface area contributed by atoms with Crippen LogP contribution >= 0.6 is 23.4 Å². The Bertz CT molecular complexity index is 665. The fourth-order valence-corrected chi connectivity index (χ4v) is 3.96. The number of hydrogen-bond acceptors (Lipinski definition) is 3. The third-order valence-corrected chi connectivity index (χ3v) is 5.53. The third-order valence-electron chi connectivity index (χ3n) is 4.27. The zero-order chi connectivity index (χ0) is 16.8. The predicted molar refractivity (Wildman–Crippen MR) is 101 cm³/mol. The van der Waals surface area contributed by atoms with Crippen LogP contribution in [0.4, 0.5) is 5.82 Å². The van der Waals surface area contributed by atoms with Gasteiger partial charge in [-0.1, -0.05) is 43.0 Å². The first kappa shape index (κ1) is 17.4. The molecule has 1 aromatic heterocycles. The number of anilines is 1. The summed E-state index contributed by atoms with van der Waals surface area (Å²) in [7, 11) is 0. The van der Waals surface area contributed by atoms with Gasteiger partial charge in [0.15, 0.2) is 0 Å². The fraction of sp³-hybridized carbons (Fsp3) is 0.444. The first-order valence-corrected chi connectivity index (χ1v) is 9.91. The zero-order valence-electron chi connectivity index (χ0n) is 13.6. The van der Waals surface area contributed by atoms with E-state index in [9.17, 15) is 4.79 Å². The molecule has 0 spiro atoms. The number of aromatic nitrogens is 2. The van der Waals surface area contributed by atoms with Crippen molar-refractivity contribution >= 4 is 35.1 Å². The Morgan fingerprint density at radius 3 is 2.71 bits per heavy atom. The average molecular weight is 364 g/mol. The first-order chi connectivity index (χ1) is 11.7. The summed E-state index contributed by atoms with van der Waals surface area (Å²) >= 11 is 7.47. The topological polar surface area (TPSA) is 46.9 Å². The maximum atomic E-state index is 12.2. The Hall–Kier alpha value is -1.46. The molecule has 0 atom stereocenters. The van der Waals surface area contributed by atoms with Crippen LogP contribution in [-0.2, 0) is 10.5 Å². The van der Waals surface area contributed by atoms with Gasteiger partial charge in [-0.15, -0.1) is 11.8 Å². The molecule has 1 N–H and O–H groups in total. The van der Waals surface area contributed by atoms with Gasteiger partial charge in [0.2, 0.25) is 5.91 Å². The normalized spacial score (nSPS) is 15.4. The summed E-state index contributed by atoms with van der Waals surface area (Å²) in [6.45, 7) is 0. The fourth-order valence-electron chi connectivity index (χ4n) is 3.05. The highest BCUT2D eigenvalue weighted by atomic mass is 35.5. The lowest BCUT2D eigenvalue weighted by molar-refractivity contribution is -0.113. The van der Waals surface area contributed by atoms with Gasteiger partial charge in [-0.25, -0.2) is 4.68 Å². The van der Waals surface area contributed by atoms with E-state index >= 15 is 0 Å². The molecule has 0 saturated heterocycles. The van der Waals surface area contributed by atoms with Gasteiger partial charge in [0.1, 0.15) is 5.82 Å². The molecule has 6 heteroatoms. The molecule has 1 saturated carbocycles. The number of carbonyl (C=O) groups excluding carboxylic acids is 1. The van der Waals surface area contributed by atoms with Gasteiger partial charge in [-0.05, 0) is 30.5 Å². The van der Waals surface area contributed by atoms with Crippen LogP contribution < -0.4 is 5.32 Å². The smallest absolute Gasteiger partial charge is 0.235 e. The Morgan fingerprint density at radius 1 is 1.21 bits per heavy atom. The van der Waals surface area contributed by atoms with Crippen LogP contribution in [0.15, 0.2) is 36.5 Å². The number of carbonyl (C=O) groups is 1.